The molecule has 11 nitrogen and oxygen atoms in total. The summed E-state index contributed by atoms with van der Waals surface area (Å²) in [6.07, 6.45) is 8.12. The Morgan fingerprint density at radius 3 is 2.50 bits per heavy atom. The smallest absolute Gasteiger partial charge is 0.229 e. The molecule has 0 aliphatic carbocycles. The molecule has 3 aromatic rings. The molecule has 6 rings (SSSR count). The maximum absolute atomic E-state index is 12.1. The van der Waals surface area contributed by atoms with Gasteiger partial charge in [0.1, 0.15) is 10.8 Å². The van der Waals surface area contributed by atoms with E-state index in [1.807, 2.05) is 12.1 Å². The van der Waals surface area contributed by atoms with Gasteiger partial charge in [0.05, 0.1) is 41.1 Å². The van der Waals surface area contributed by atoms with Crippen LogP contribution in [0.5, 0.6) is 5.75 Å². The largest absolute Gasteiger partial charge is 0.493 e. The number of benzene rings is 2. The molecule has 46 heavy (non-hydrogen) atoms. The third-order valence-corrected chi connectivity index (χ3v) is 10.3. The molecule has 2 saturated heterocycles. The lowest BCUT2D eigenvalue weighted by Crippen LogP contribution is -2.52. The topological polar surface area (TPSA) is 115 Å². The van der Waals surface area contributed by atoms with E-state index < -0.39 is 10.0 Å². The summed E-state index contributed by atoms with van der Waals surface area (Å²) in [5.74, 6) is 1.27. The predicted molar refractivity (Wildman–Crippen MR) is 187 cm³/mol. The third kappa shape index (κ3) is 7.57. The van der Waals surface area contributed by atoms with Crippen molar-refractivity contribution in [2.45, 2.75) is 51.1 Å². The van der Waals surface area contributed by atoms with E-state index in [0.29, 0.717) is 58.8 Å². The molecule has 1 aromatic heterocycles. The Kier molecular flexibility index (Phi) is 9.73. The van der Waals surface area contributed by atoms with Crippen molar-refractivity contribution in [3.8, 4) is 5.75 Å². The van der Waals surface area contributed by atoms with Gasteiger partial charge >= 0.3 is 0 Å². The van der Waals surface area contributed by atoms with Crippen LogP contribution in [0.2, 0.25) is 10.0 Å². The van der Waals surface area contributed by atoms with E-state index in [9.17, 15) is 8.42 Å². The van der Waals surface area contributed by atoms with Crippen LogP contribution in [0.15, 0.2) is 30.5 Å². The number of likely N-dealkylation sites (tertiary alicyclic amines) is 1. The van der Waals surface area contributed by atoms with Gasteiger partial charge in [0, 0.05) is 49.9 Å². The molecule has 3 aliphatic rings. The lowest BCUT2D eigenvalue weighted by molar-refractivity contribution is 0.0846. The van der Waals surface area contributed by atoms with Gasteiger partial charge in [-0.25, -0.2) is 13.4 Å². The maximum atomic E-state index is 12.1. The SMILES string of the molecule is Cc1cc(Nc2ncc(Cl)c(Nc3cc4c(cc3NS(C)(=O)=O)CCO4)n2)c(Cl)cc1N1CCC(N2CCCC(N(C)C)C2)CC1. The molecule has 1 unspecified atom stereocenters. The second kappa shape index (κ2) is 13.6. The number of nitrogens with one attached hydrogen (secondary N) is 3. The van der Waals surface area contributed by atoms with Crippen LogP contribution >= 0.6 is 23.2 Å². The number of anilines is 6. The summed E-state index contributed by atoms with van der Waals surface area (Å²) in [4.78, 5) is 16.5. The first-order valence-corrected chi connectivity index (χ1v) is 18.4. The maximum Gasteiger partial charge on any atom is 0.229 e. The minimum atomic E-state index is -3.53. The van der Waals surface area contributed by atoms with Gasteiger partial charge in [0.25, 0.3) is 0 Å². The molecule has 2 aromatic carbocycles. The van der Waals surface area contributed by atoms with Gasteiger partial charge in [0.15, 0.2) is 5.82 Å². The number of fused-ring (bicyclic) bond motifs is 1. The van der Waals surface area contributed by atoms with Gasteiger partial charge < -0.3 is 25.2 Å². The Labute approximate surface area is 281 Å². The number of nitrogens with zero attached hydrogens (tertiary/aromatic N) is 5. The lowest BCUT2D eigenvalue weighted by atomic mass is 9.97. The Morgan fingerprint density at radius 1 is 0.978 bits per heavy atom. The van der Waals surface area contributed by atoms with Crippen LogP contribution in [0.4, 0.5) is 34.5 Å². The molecule has 0 saturated carbocycles. The molecule has 0 bridgehead atoms. The fourth-order valence-electron chi connectivity index (χ4n) is 6.69. The monoisotopic (exact) mass is 688 g/mol. The van der Waals surface area contributed by atoms with Crippen molar-refractivity contribution >= 4 is 67.7 Å². The zero-order chi connectivity index (χ0) is 32.6. The summed E-state index contributed by atoms with van der Waals surface area (Å²) < 4.78 is 32.4. The van der Waals surface area contributed by atoms with Crippen LogP contribution in [-0.2, 0) is 16.4 Å². The van der Waals surface area contributed by atoms with Crippen LogP contribution in [0, 0.1) is 6.92 Å². The first-order valence-electron chi connectivity index (χ1n) is 15.7. The molecule has 14 heteroatoms. The Balaban J connectivity index is 1.15. The predicted octanol–water partition coefficient (Wildman–Crippen LogP) is 5.88. The minimum Gasteiger partial charge on any atom is -0.493 e. The highest BCUT2D eigenvalue weighted by Crippen LogP contribution is 2.39. The van der Waals surface area contributed by atoms with Crippen molar-refractivity contribution in [3.63, 3.8) is 0 Å². The molecule has 248 valence electrons. The Bertz CT molecular complexity index is 1700. The molecule has 3 aliphatic heterocycles. The zero-order valence-electron chi connectivity index (χ0n) is 26.7. The second-order valence-corrected chi connectivity index (χ2v) is 15.3. The fourth-order valence-corrected chi connectivity index (χ4v) is 7.60. The molecule has 0 amide bonds. The molecule has 2 fully saturated rings. The van der Waals surface area contributed by atoms with E-state index in [0.717, 1.165) is 55.5 Å². The average Bonchev–Trinajstić information content (AvgIpc) is 3.47. The first-order chi connectivity index (χ1) is 21.9. The van der Waals surface area contributed by atoms with E-state index in [4.69, 9.17) is 27.9 Å². The normalized spacial score (nSPS) is 19.2. The Morgan fingerprint density at radius 2 is 1.76 bits per heavy atom. The minimum absolute atomic E-state index is 0.264. The number of piperidine rings is 2. The van der Waals surface area contributed by atoms with Crippen molar-refractivity contribution in [3.05, 3.63) is 51.6 Å². The van der Waals surface area contributed by atoms with E-state index >= 15 is 0 Å². The molecule has 4 heterocycles. The molecular weight excluding hydrogens is 647 g/mol. The average molecular weight is 690 g/mol. The van der Waals surface area contributed by atoms with Crippen molar-refractivity contribution in [1.82, 2.24) is 19.8 Å². The number of halogens is 2. The van der Waals surface area contributed by atoms with Crippen LogP contribution < -0.4 is 25.0 Å². The number of hydrogen-bond donors (Lipinski definition) is 3. The van der Waals surface area contributed by atoms with E-state index in [-0.39, 0.29) is 11.0 Å². The summed E-state index contributed by atoms with van der Waals surface area (Å²) in [7, 11) is 0.853. The molecular formula is C32H42Cl2N8O3S. The van der Waals surface area contributed by atoms with Gasteiger partial charge in [-0.2, -0.15) is 4.98 Å². The Hall–Kier alpha value is -3.03. The van der Waals surface area contributed by atoms with Crippen molar-refractivity contribution in [2.24, 2.45) is 0 Å². The number of hydrogen-bond acceptors (Lipinski definition) is 10. The summed E-state index contributed by atoms with van der Waals surface area (Å²) in [5.41, 5.74) is 4.69. The second-order valence-electron chi connectivity index (χ2n) is 12.7. The molecule has 0 spiro atoms. The van der Waals surface area contributed by atoms with Crippen LogP contribution in [0.25, 0.3) is 0 Å². The van der Waals surface area contributed by atoms with Gasteiger partial charge in [0.2, 0.25) is 16.0 Å². The first kappa shape index (κ1) is 32.9. The number of aryl methyl sites for hydroxylation is 1. The molecule has 1 atom stereocenters. The van der Waals surface area contributed by atoms with Crippen molar-refractivity contribution < 1.29 is 13.2 Å². The summed E-state index contributed by atoms with van der Waals surface area (Å²) >= 11 is 13.3. The van der Waals surface area contributed by atoms with Crippen LogP contribution in [-0.4, -0.2) is 93.4 Å². The molecule has 0 radical (unpaired) electrons. The summed E-state index contributed by atoms with van der Waals surface area (Å²) in [5, 5.41) is 7.22. The molecule has 3 N–H and O–H groups in total. The zero-order valence-corrected chi connectivity index (χ0v) is 29.1. The van der Waals surface area contributed by atoms with Gasteiger partial charge in [-0.1, -0.05) is 23.2 Å². The fraction of sp³-hybridized carbons (Fsp3) is 0.500. The highest BCUT2D eigenvalue weighted by molar-refractivity contribution is 7.92. The standard InChI is InChI=1S/C32H42Cl2N8O3S/c1-20-14-26(24(33)16-29(20)41-11-7-22(8-12-41)42-10-5-6-23(19-42)40(2)3)37-32-35-18-25(34)31(38-32)36-27-17-30-21(9-13-45-30)15-28(27)39-46(4,43)44/h14-18,22-23,39H,5-13,19H2,1-4H3,(H2,35,36,37,38). The number of ether oxygens (including phenoxy) is 1. The number of aromatic nitrogens is 2. The van der Waals surface area contributed by atoms with Crippen molar-refractivity contribution in [1.29, 1.82) is 0 Å². The lowest BCUT2D eigenvalue weighted by Gasteiger charge is -2.44. The summed E-state index contributed by atoms with van der Waals surface area (Å²) in [6.45, 7) is 6.98. The number of sulfonamides is 1. The van der Waals surface area contributed by atoms with Gasteiger partial charge in [-0.3, -0.25) is 9.62 Å². The van der Waals surface area contributed by atoms with Gasteiger partial charge in [-0.15, -0.1) is 0 Å². The van der Waals surface area contributed by atoms with Crippen molar-refractivity contribution in [2.75, 3.05) is 73.4 Å². The highest BCUT2D eigenvalue weighted by atomic mass is 35.5. The van der Waals surface area contributed by atoms with Crippen LogP contribution in [0.3, 0.4) is 0 Å². The summed E-state index contributed by atoms with van der Waals surface area (Å²) in [6, 6.07) is 8.82. The van der Waals surface area contributed by atoms with Crippen LogP contribution in [0.1, 0.15) is 36.8 Å². The van der Waals surface area contributed by atoms with E-state index in [1.165, 1.54) is 25.6 Å². The van der Waals surface area contributed by atoms with E-state index in [1.54, 1.807) is 12.1 Å². The quantitative estimate of drug-likeness (QED) is 0.252. The highest BCUT2D eigenvalue weighted by Gasteiger charge is 2.30. The van der Waals surface area contributed by atoms with E-state index in [2.05, 4.69) is 61.0 Å². The number of likely N-dealkylation sites (N-methyl/N-ethyl adjacent to an activating group) is 1. The number of rotatable bonds is 9. The van der Waals surface area contributed by atoms with Gasteiger partial charge in [-0.05, 0) is 82.6 Å². The third-order valence-electron chi connectivity index (χ3n) is 9.13.